The number of aromatic nitrogens is 4. The zero-order chi connectivity index (χ0) is 11.4. The monoisotopic (exact) mass is 217 g/mol. The lowest BCUT2D eigenvalue weighted by molar-refractivity contribution is 0.607. The Labute approximate surface area is 94.5 Å². The van der Waals surface area contributed by atoms with Gasteiger partial charge in [-0.25, -0.2) is 0 Å². The summed E-state index contributed by atoms with van der Waals surface area (Å²) in [5.74, 6) is 0.769. The minimum Gasteiger partial charge on any atom is -0.372 e. The number of anilines is 1. The van der Waals surface area contributed by atoms with Crippen molar-refractivity contribution in [3.05, 3.63) is 24.4 Å². The van der Waals surface area contributed by atoms with E-state index in [1.807, 2.05) is 29.9 Å². The van der Waals surface area contributed by atoms with E-state index in [0.29, 0.717) is 0 Å². The summed E-state index contributed by atoms with van der Waals surface area (Å²) >= 11 is 0. The van der Waals surface area contributed by atoms with Crippen LogP contribution in [0.4, 0.5) is 5.82 Å². The van der Waals surface area contributed by atoms with Crippen LogP contribution in [-0.2, 0) is 6.54 Å². The van der Waals surface area contributed by atoms with Gasteiger partial charge in [-0.05, 0) is 24.6 Å². The molecular weight excluding hydrogens is 202 g/mol. The fourth-order valence-electron chi connectivity index (χ4n) is 1.54. The molecule has 5 nitrogen and oxygen atoms in total. The Morgan fingerprint density at radius 3 is 2.75 bits per heavy atom. The van der Waals surface area contributed by atoms with Gasteiger partial charge in [0, 0.05) is 19.8 Å². The third-order valence-corrected chi connectivity index (χ3v) is 2.34. The summed E-state index contributed by atoms with van der Waals surface area (Å²) in [4.78, 5) is 0. The number of hydrogen-bond donors (Lipinski definition) is 1. The topological polar surface area (TPSA) is 55.6 Å². The summed E-state index contributed by atoms with van der Waals surface area (Å²) in [7, 11) is 1.82. The summed E-state index contributed by atoms with van der Waals surface area (Å²) < 4.78 is 1.95. The van der Waals surface area contributed by atoms with E-state index in [1.165, 1.54) is 0 Å². The minimum atomic E-state index is 0.769. The molecule has 2 heterocycles. The van der Waals surface area contributed by atoms with Crippen molar-refractivity contribution < 1.29 is 0 Å². The third kappa shape index (κ3) is 2.03. The highest BCUT2D eigenvalue weighted by Gasteiger charge is 2.06. The van der Waals surface area contributed by atoms with E-state index in [-0.39, 0.29) is 0 Å². The molecule has 0 saturated heterocycles. The van der Waals surface area contributed by atoms with Crippen molar-refractivity contribution in [2.45, 2.75) is 19.9 Å². The standard InChI is InChI=1S/C11H15N5/c1-3-8-16-10(6-7-13-16)9-4-5-11(12-2)15-14-9/h4-7H,3,8H2,1-2H3,(H,12,15). The van der Waals surface area contributed by atoms with Gasteiger partial charge >= 0.3 is 0 Å². The Balaban J connectivity index is 2.31. The average molecular weight is 217 g/mol. The first kappa shape index (κ1) is 10.6. The van der Waals surface area contributed by atoms with Gasteiger partial charge in [0.15, 0.2) is 0 Å². The second-order valence-corrected chi connectivity index (χ2v) is 3.49. The van der Waals surface area contributed by atoms with Crippen molar-refractivity contribution in [3.63, 3.8) is 0 Å². The fraction of sp³-hybridized carbons (Fsp3) is 0.364. The predicted octanol–water partition coefficient (Wildman–Crippen LogP) is 1.79. The first-order chi connectivity index (χ1) is 7.85. The molecular formula is C11H15N5. The molecule has 2 aromatic rings. The lowest BCUT2D eigenvalue weighted by atomic mass is 10.3. The van der Waals surface area contributed by atoms with Crippen LogP contribution in [0.3, 0.4) is 0 Å². The van der Waals surface area contributed by atoms with Gasteiger partial charge in [0.2, 0.25) is 0 Å². The van der Waals surface area contributed by atoms with Crippen LogP contribution in [0.2, 0.25) is 0 Å². The molecule has 2 rings (SSSR count). The van der Waals surface area contributed by atoms with E-state index in [2.05, 4.69) is 27.5 Å². The Kier molecular flexibility index (Phi) is 3.14. The number of hydrogen-bond acceptors (Lipinski definition) is 4. The number of rotatable bonds is 4. The van der Waals surface area contributed by atoms with Crippen LogP contribution in [-0.4, -0.2) is 27.0 Å². The van der Waals surface area contributed by atoms with Gasteiger partial charge in [0.25, 0.3) is 0 Å². The summed E-state index contributed by atoms with van der Waals surface area (Å²) in [6.07, 6.45) is 2.84. The molecule has 0 aliphatic heterocycles. The molecule has 0 saturated carbocycles. The molecule has 84 valence electrons. The van der Waals surface area contributed by atoms with Gasteiger partial charge < -0.3 is 5.32 Å². The van der Waals surface area contributed by atoms with Crippen LogP contribution in [0.1, 0.15) is 13.3 Å². The molecule has 0 aliphatic carbocycles. The van der Waals surface area contributed by atoms with E-state index < -0.39 is 0 Å². The molecule has 16 heavy (non-hydrogen) atoms. The number of nitrogens with zero attached hydrogens (tertiary/aromatic N) is 4. The van der Waals surface area contributed by atoms with E-state index in [0.717, 1.165) is 30.2 Å². The van der Waals surface area contributed by atoms with Crippen LogP contribution in [0.5, 0.6) is 0 Å². The molecule has 0 aliphatic rings. The zero-order valence-electron chi connectivity index (χ0n) is 9.51. The highest BCUT2D eigenvalue weighted by atomic mass is 15.3. The normalized spacial score (nSPS) is 10.4. The summed E-state index contributed by atoms with van der Waals surface area (Å²) in [6.45, 7) is 3.03. The summed E-state index contributed by atoms with van der Waals surface area (Å²) in [6, 6.07) is 5.81. The van der Waals surface area contributed by atoms with Crippen molar-refractivity contribution in [1.82, 2.24) is 20.0 Å². The fourth-order valence-corrected chi connectivity index (χ4v) is 1.54. The average Bonchev–Trinajstić information content (AvgIpc) is 2.78. The van der Waals surface area contributed by atoms with Crippen molar-refractivity contribution in [2.75, 3.05) is 12.4 Å². The van der Waals surface area contributed by atoms with Gasteiger partial charge in [0.05, 0.1) is 5.69 Å². The number of nitrogens with one attached hydrogen (secondary N) is 1. The summed E-state index contributed by atoms with van der Waals surface area (Å²) in [5.41, 5.74) is 1.86. The highest BCUT2D eigenvalue weighted by Crippen LogP contribution is 2.16. The minimum absolute atomic E-state index is 0.769. The van der Waals surface area contributed by atoms with Gasteiger partial charge in [0.1, 0.15) is 11.5 Å². The Bertz CT molecular complexity index is 446. The molecule has 0 atom stereocenters. The van der Waals surface area contributed by atoms with Crippen molar-refractivity contribution in [1.29, 1.82) is 0 Å². The first-order valence-corrected chi connectivity index (χ1v) is 5.39. The lowest BCUT2D eigenvalue weighted by Gasteiger charge is -2.05. The van der Waals surface area contributed by atoms with Crippen LogP contribution >= 0.6 is 0 Å². The highest BCUT2D eigenvalue weighted by molar-refractivity contribution is 5.54. The third-order valence-electron chi connectivity index (χ3n) is 2.34. The Morgan fingerprint density at radius 1 is 1.25 bits per heavy atom. The molecule has 1 N–H and O–H groups in total. The molecule has 5 heteroatoms. The SMILES string of the molecule is CCCn1nccc1-c1ccc(NC)nn1. The molecule has 0 aromatic carbocycles. The van der Waals surface area contributed by atoms with Crippen LogP contribution < -0.4 is 5.32 Å². The van der Waals surface area contributed by atoms with Crippen molar-refractivity contribution in [2.24, 2.45) is 0 Å². The van der Waals surface area contributed by atoms with Crippen LogP contribution in [0, 0.1) is 0 Å². The molecule has 0 radical (unpaired) electrons. The first-order valence-electron chi connectivity index (χ1n) is 5.39. The molecule has 0 unspecified atom stereocenters. The van der Waals surface area contributed by atoms with Gasteiger partial charge in [-0.3, -0.25) is 4.68 Å². The molecule has 0 amide bonds. The number of aryl methyl sites for hydroxylation is 1. The van der Waals surface area contributed by atoms with Gasteiger partial charge in [-0.2, -0.15) is 5.10 Å². The van der Waals surface area contributed by atoms with E-state index in [4.69, 9.17) is 0 Å². The Morgan fingerprint density at radius 2 is 2.12 bits per heavy atom. The lowest BCUT2D eigenvalue weighted by Crippen LogP contribution is -2.03. The van der Waals surface area contributed by atoms with Crippen molar-refractivity contribution >= 4 is 5.82 Å². The van der Waals surface area contributed by atoms with Crippen LogP contribution in [0.25, 0.3) is 11.4 Å². The summed E-state index contributed by atoms with van der Waals surface area (Å²) in [5, 5.41) is 15.4. The van der Waals surface area contributed by atoms with Crippen molar-refractivity contribution in [3.8, 4) is 11.4 Å². The second kappa shape index (κ2) is 4.74. The maximum atomic E-state index is 4.26. The Hall–Kier alpha value is -1.91. The van der Waals surface area contributed by atoms with Gasteiger partial charge in [-0.1, -0.05) is 6.92 Å². The predicted molar refractivity (Wildman–Crippen MR) is 63.1 cm³/mol. The maximum Gasteiger partial charge on any atom is 0.148 e. The zero-order valence-corrected chi connectivity index (χ0v) is 9.51. The molecule has 2 aromatic heterocycles. The quantitative estimate of drug-likeness (QED) is 0.848. The van der Waals surface area contributed by atoms with E-state index >= 15 is 0 Å². The van der Waals surface area contributed by atoms with E-state index in [1.54, 1.807) is 6.20 Å². The van der Waals surface area contributed by atoms with Gasteiger partial charge in [-0.15, -0.1) is 10.2 Å². The molecule has 0 spiro atoms. The van der Waals surface area contributed by atoms with E-state index in [9.17, 15) is 0 Å². The second-order valence-electron chi connectivity index (χ2n) is 3.49. The largest absolute Gasteiger partial charge is 0.372 e. The van der Waals surface area contributed by atoms with Crippen LogP contribution in [0.15, 0.2) is 24.4 Å². The smallest absolute Gasteiger partial charge is 0.148 e. The molecule has 0 fully saturated rings. The molecule has 0 bridgehead atoms. The maximum absolute atomic E-state index is 4.26.